The lowest BCUT2D eigenvalue weighted by Gasteiger charge is -2.07. The number of carboxylic acids is 1. The predicted octanol–water partition coefficient (Wildman–Crippen LogP) is -0.0509. The monoisotopic (exact) mass is 208 g/mol. The second-order valence-electron chi connectivity index (χ2n) is 2.27. The molecule has 1 unspecified atom stereocenters. The maximum atomic E-state index is 10.9. The van der Waals surface area contributed by atoms with Crippen molar-refractivity contribution in [3.05, 3.63) is 0 Å². The van der Waals surface area contributed by atoms with Crippen molar-refractivity contribution in [1.29, 1.82) is 0 Å². The van der Waals surface area contributed by atoms with Gasteiger partial charge in [0.25, 0.3) is 0 Å². The van der Waals surface area contributed by atoms with Gasteiger partial charge >= 0.3 is 11.9 Å². The van der Waals surface area contributed by atoms with Crippen LogP contribution in [0.15, 0.2) is 0 Å². The normalized spacial score (nSPS) is 12.2. The van der Waals surface area contributed by atoms with Gasteiger partial charge < -0.3 is 14.6 Å². The molecule has 0 fully saturated rings. The summed E-state index contributed by atoms with van der Waals surface area (Å²) in [6.07, 6.45) is -0.338. The number of aliphatic carboxylic acids is 1. The Hall–Kier alpha value is -0.750. The zero-order chi connectivity index (χ0) is 10.3. The molecular weight excluding hydrogens is 196 g/mol. The molecular formula is C7H12O5S. The van der Waals surface area contributed by atoms with E-state index in [1.807, 2.05) is 0 Å². The van der Waals surface area contributed by atoms with Crippen molar-refractivity contribution in [3.63, 3.8) is 0 Å². The molecule has 0 heterocycles. The van der Waals surface area contributed by atoms with Crippen LogP contribution in [0.5, 0.6) is 0 Å². The maximum Gasteiger partial charge on any atom is 0.319 e. The summed E-state index contributed by atoms with van der Waals surface area (Å²) in [6.45, 7) is 0.408. The van der Waals surface area contributed by atoms with E-state index in [2.05, 4.69) is 22.1 Å². The van der Waals surface area contributed by atoms with Crippen LogP contribution in [0.25, 0.3) is 0 Å². The summed E-state index contributed by atoms with van der Waals surface area (Å²) >= 11 is 3.77. The zero-order valence-corrected chi connectivity index (χ0v) is 8.12. The van der Waals surface area contributed by atoms with Crippen LogP contribution in [0.1, 0.15) is 6.42 Å². The molecule has 0 amide bonds. The Kier molecular flexibility index (Phi) is 6.34. The largest absolute Gasteiger partial charge is 0.481 e. The highest BCUT2D eigenvalue weighted by Crippen LogP contribution is 2.03. The Morgan fingerprint density at radius 3 is 2.54 bits per heavy atom. The van der Waals surface area contributed by atoms with Crippen LogP contribution in [0, 0.1) is 0 Å². The van der Waals surface area contributed by atoms with Gasteiger partial charge in [-0.15, -0.1) is 0 Å². The van der Waals surface area contributed by atoms with E-state index in [9.17, 15) is 9.59 Å². The van der Waals surface area contributed by atoms with Gasteiger partial charge in [0.15, 0.2) is 0 Å². The van der Waals surface area contributed by atoms with Crippen LogP contribution in [0.4, 0.5) is 0 Å². The van der Waals surface area contributed by atoms with E-state index in [-0.39, 0.29) is 13.0 Å². The Balaban J connectivity index is 3.63. The van der Waals surface area contributed by atoms with Gasteiger partial charge in [-0.3, -0.25) is 9.59 Å². The second kappa shape index (κ2) is 6.73. The van der Waals surface area contributed by atoms with Crippen molar-refractivity contribution in [2.24, 2.45) is 0 Å². The minimum Gasteiger partial charge on any atom is -0.481 e. The van der Waals surface area contributed by atoms with Crippen LogP contribution >= 0.6 is 12.6 Å². The quantitative estimate of drug-likeness (QED) is 0.364. The molecule has 1 N–H and O–H groups in total. The van der Waals surface area contributed by atoms with Gasteiger partial charge in [-0.05, 0) is 0 Å². The number of carbonyl (C=O) groups excluding carboxylic acids is 1. The third kappa shape index (κ3) is 6.41. The van der Waals surface area contributed by atoms with Crippen molar-refractivity contribution in [2.45, 2.75) is 11.7 Å². The number of ether oxygens (including phenoxy) is 2. The molecule has 13 heavy (non-hydrogen) atoms. The van der Waals surface area contributed by atoms with Crippen LogP contribution in [-0.2, 0) is 19.1 Å². The predicted molar refractivity (Wildman–Crippen MR) is 47.9 cm³/mol. The number of thiol groups is 1. The van der Waals surface area contributed by atoms with E-state index >= 15 is 0 Å². The highest BCUT2D eigenvalue weighted by atomic mass is 32.1. The first-order chi connectivity index (χ1) is 6.07. The van der Waals surface area contributed by atoms with E-state index in [0.29, 0.717) is 6.61 Å². The molecule has 0 aliphatic heterocycles. The maximum absolute atomic E-state index is 10.9. The first-order valence-corrected chi connectivity index (χ1v) is 4.15. The molecule has 0 aromatic carbocycles. The molecule has 0 radical (unpaired) electrons. The van der Waals surface area contributed by atoms with Gasteiger partial charge in [-0.2, -0.15) is 12.6 Å². The summed E-state index contributed by atoms with van der Waals surface area (Å²) in [5, 5.41) is 7.42. The van der Waals surface area contributed by atoms with Crippen molar-refractivity contribution >= 4 is 24.6 Å². The van der Waals surface area contributed by atoms with Gasteiger partial charge in [0.1, 0.15) is 11.9 Å². The molecule has 0 aliphatic rings. The third-order valence-electron chi connectivity index (χ3n) is 1.17. The minimum absolute atomic E-state index is 0.117. The number of methoxy groups -OCH3 is 1. The fourth-order valence-corrected chi connectivity index (χ4v) is 0.801. The molecule has 0 aromatic heterocycles. The lowest BCUT2D eigenvalue weighted by molar-refractivity contribution is -0.147. The van der Waals surface area contributed by atoms with E-state index in [1.165, 1.54) is 7.11 Å². The van der Waals surface area contributed by atoms with E-state index in [4.69, 9.17) is 5.11 Å². The van der Waals surface area contributed by atoms with Gasteiger partial charge in [0.2, 0.25) is 0 Å². The topological polar surface area (TPSA) is 72.8 Å². The van der Waals surface area contributed by atoms with E-state index < -0.39 is 17.2 Å². The van der Waals surface area contributed by atoms with Crippen LogP contribution < -0.4 is 0 Å². The highest BCUT2D eigenvalue weighted by Gasteiger charge is 2.18. The Morgan fingerprint density at radius 1 is 1.46 bits per heavy atom. The number of hydrogen-bond donors (Lipinski definition) is 2. The number of carbonyl (C=O) groups is 2. The molecule has 0 rings (SSSR count). The molecule has 0 aliphatic carbocycles. The molecule has 0 spiro atoms. The zero-order valence-electron chi connectivity index (χ0n) is 7.23. The molecule has 1 atom stereocenters. The Morgan fingerprint density at radius 2 is 2.08 bits per heavy atom. The van der Waals surface area contributed by atoms with Crippen molar-refractivity contribution in [1.82, 2.24) is 0 Å². The number of carboxylic acid groups (broad SMARTS) is 1. The van der Waals surface area contributed by atoms with Gasteiger partial charge in [0.05, 0.1) is 13.0 Å². The van der Waals surface area contributed by atoms with Crippen molar-refractivity contribution in [3.8, 4) is 0 Å². The lowest BCUT2D eigenvalue weighted by atomic mass is 10.3. The summed E-state index contributed by atoms with van der Waals surface area (Å²) in [7, 11) is 1.48. The Labute approximate surface area is 81.4 Å². The van der Waals surface area contributed by atoms with Gasteiger partial charge in [-0.25, -0.2) is 0 Å². The lowest BCUT2D eigenvalue weighted by Crippen LogP contribution is -2.22. The molecule has 6 heteroatoms. The summed E-state index contributed by atoms with van der Waals surface area (Å²) in [6, 6.07) is 0. The fourth-order valence-electron chi connectivity index (χ4n) is 0.571. The average molecular weight is 208 g/mol. The molecule has 5 nitrogen and oxygen atoms in total. The number of hydrogen-bond acceptors (Lipinski definition) is 5. The highest BCUT2D eigenvalue weighted by molar-refractivity contribution is 7.81. The second-order valence-corrected chi connectivity index (χ2v) is 2.90. The van der Waals surface area contributed by atoms with Crippen LogP contribution in [-0.4, -0.2) is 42.6 Å². The van der Waals surface area contributed by atoms with Crippen molar-refractivity contribution < 1.29 is 24.2 Å². The van der Waals surface area contributed by atoms with Crippen LogP contribution in [0.2, 0.25) is 0 Å². The third-order valence-corrected chi connectivity index (χ3v) is 1.57. The first-order valence-electron chi connectivity index (χ1n) is 3.63. The Bertz CT molecular complexity index is 182. The summed E-state index contributed by atoms with van der Waals surface area (Å²) in [4.78, 5) is 21.1. The fraction of sp³-hybridized carbons (Fsp3) is 0.714. The molecule has 0 saturated heterocycles. The number of esters is 1. The minimum atomic E-state index is -1.08. The summed E-state index contributed by atoms with van der Waals surface area (Å²) < 4.78 is 9.28. The smallest absolute Gasteiger partial charge is 0.319 e. The van der Waals surface area contributed by atoms with Crippen molar-refractivity contribution in [2.75, 3.05) is 20.3 Å². The molecule has 0 saturated carbocycles. The van der Waals surface area contributed by atoms with Gasteiger partial charge in [0, 0.05) is 7.11 Å². The molecule has 0 bridgehead atoms. The standard InChI is InChI=1S/C7H12O5S/c1-11-2-3-12-7(10)5(13)4-6(8)9/h5,13H,2-4H2,1H3,(H,8,9). The molecule has 76 valence electrons. The SMILES string of the molecule is COCCOC(=O)C(S)CC(=O)O. The number of rotatable bonds is 6. The summed E-state index contributed by atoms with van der Waals surface area (Å²) in [5.41, 5.74) is 0. The van der Waals surface area contributed by atoms with Gasteiger partial charge in [-0.1, -0.05) is 0 Å². The van der Waals surface area contributed by atoms with Crippen LogP contribution in [0.3, 0.4) is 0 Å². The first kappa shape index (κ1) is 12.2. The average Bonchev–Trinajstić information content (AvgIpc) is 2.03. The van der Waals surface area contributed by atoms with E-state index in [0.717, 1.165) is 0 Å². The summed E-state index contributed by atoms with van der Waals surface area (Å²) in [5.74, 6) is -1.72. The molecule has 0 aromatic rings. The van der Waals surface area contributed by atoms with E-state index in [1.54, 1.807) is 0 Å².